The van der Waals surface area contributed by atoms with Crippen LogP contribution in [0.2, 0.25) is 0 Å². The molecule has 2 rings (SSSR count). The molecule has 106 valence electrons. The maximum atomic E-state index is 11.8. The van der Waals surface area contributed by atoms with Crippen molar-refractivity contribution < 1.29 is 4.79 Å². The maximum Gasteiger partial charge on any atom is 0.251 e. The first-order valence-electron chi connectivity index (χ1n) is 5.70. The van der Waals surface area contributed by atoms with Gasteiger partial charge in [0.25, 0.3) is 3.79 Å². The molecule has 4 nitrogen and oxygen atoms in total. The number of amides is 1. The van der Waals surface area contributed by atoms with Crippen molar-refractivity contribution in [1.82, 2.24) is 9.36 Å². The Balaban J connectivity index is 1.87. The largest absolute Gasteiger partial charge is 0.301 e. The number of benzene rings is 1. The third-order valence-corrected chi connectivity index (χ3v) is 3.55. The van der Waals surface area contributed by atoms with Crippen LogP contribution in [0.4, 0.5) is 5.13 Å². The summed E-state index contributed by atoms with van der Waals surface area (Å²) in [4.78, 5) is 15.7. The summed E-state index contributed by atoms with van der Waals surface area (Å²) in [6.45, 7) is 0. The lowest BCUT2D eigenvalue weighted by molar-refractivity contribution is -0.116. The number of hydrogen-bond donors (Lipinski definition) is 1. The number of hydrogen-bond acceptors (Lipinski definition) is 4. The van der Waals surface area contributed by atoms with Gasteiger partial charge in [0, 0.05) is 18.0 Å². The maximum absolute atomic E-state index is 11.8. The summed E-state index contributed by atoms with van der Waals surface area (Å²) in [7, 11) is 0. The van der Waals surface area contributed by atoms with Crippen LogP contribution in [0, 0.1) is 0 Å². The van der Waals surface area contributed by atoms with Gasteiger partial charge >= 0.3 is 0 Å². The Morgan fingerprint density at radius 2 is 1.95 bits per heavy atom. The summed E-state index contributed by atoms with van der Waals surface area (Å²) in [6.07, 6.45) is 1.01. The molecular weight excluding hydrogens is 341 g/mol. The van der Waals surface area contributed by atoms with Gasteiger partial charge in [-0.1, -0.05) is 65.1 Å². The molecule has 0 radical (unpaired) electrons. The van der Waals surface area contributed by atoms with Crippen molar-refractivity contribution in [2.45, 2.75) is 16.6 Å². The van der Waals surface area contributed by atoms with Crippen LogP contribution in [-0.4, -0.2) is 15.3 Å². The minimum atomic E-state index is -1.68. The predicted octanol–water partition coefficient (Wildman–Crippen LogP) is 3.94. The second-order valence-corrected chi connectivity index (χ2v) is 6.99. The zero-order valence-corrected chi connectivity index (χ0v) is 13.2. The lowest BCUT2D eigenvalue weighted by Gasteiger charge is -2.04. The molecule has 1 aromatic heterocycles. The van der Waals surface area contributed by atoms with E-state index in [9.17, 15) is 4.79 Å². The number of aryl methyl sites for hydroxylation is 1. The van der Waals surface area contributed by atoms with E-state index < -0.39 is 3.79 Å². The van der Waals surface area contributed by atoms with Gasteiger partial charge in [0.15, 0.2) is 5.82 Å². The second-order valence-electron chi connectivity index (χ2n) is 3.95. The zero-order valence-electron chi connectivity index (χ0n) is 10.1. The Labute approximate surface area is 135 Å². The van der Waals surface area contributed by atoms with Crippen molar-refractivity contribution >= 4 is 57.4 Å². The molecule has 0 aliphatic carbocycles. The standard InChI is InChI=1S/C12H10Cl3N3OS/c13-12(14,15)10-17-11(20-18-10)16-9(19)7-6-8-4-2-1-3-5-8/h1-5H,6-7H2,(H,16,17,18,19). The van der Waals surface area contributed by atoms with Crippen LogP contribution in [0.1, 0.15) is 17.8 Å². The number of carbonyl (C=O) groups is 1. The third-order valence-electron chi connectivity index (χ3n) is 2.41. The summed E-state index contributed by atoms with van der Waals surface area (Å²) < 4.78 is 2.20. The van der Waals surface area contributed by atoms with E-state index in [1.807, 2.05) is 30.3 Å². The van der Waals surface area contributed by atoms with Gasteiger partial charge < -0.3 is 5.32 Å². The first kappa shape index (κ1) is 15.5. The Bertz CT molecular complexity index is 583. The fourth-order valence-electron chi connectivity index (χ4n) is 1.47. The van der Waals surface area contributed by atoms with Gasteiger partial charge in [0.05, 0.1) is 0 Å². The minimum absolute atomic E-state index is 0.0610. The second kappa shape index (κ2) is 6.72. The monoisotopic (exact) mass is 349 g/mol. The highest BCUT2D eigenvalue weighted by atomic mass is 35.6. The molecule has 1 aromatic carbocycles. The van der Waals surface area contributed by atoms with Gasteiger partial charge in [-0.3, -0.25) is 4.79 Å². The quantitative estimate of drug-likeness (QED) is 0.850. The molecule has 2 aromatic rings. The number of nitrogens with zero attached hydrogens (tertiary/aromatic N) is 2. The van der Waals surface area contributed by atoms with Gasteiger partial charge in [-0.25, -0.2) is 0 Å². The lowest BCUT2D eigenvalue weighted by atomic mass is 10.1. The van der Waals surface area contributed by atoms with Crippen LogP contribution < -0.4 is 5.32 Å². The molecule has 0 spiro atoms. The van der Waals surface area contributed by atoms with E-state index >= 15 is 0 Å². The Morgan fingerprint density at radius 3 is 2.55 bits per heavy atom. The normalized spacial score (nSPS) is 11.3. The molecule has 1 N–H and O–H groups in total. The van der Waals surface area contributed by atoms with E-state index in [4.69, 9.17) is 34.8 Å². The van der Waals surface area contributed by atoms with Crippen molar-refractivity contribution in [2.24, 2.45) is 0 Å². The van der Waals surface area contributed by atoms with E-state index in [0.717, 1.165) is 17.1 Å². The minimum Gasteiger partial charge on any atom is -0.301 e. The van der Waals surface area contributed by atoms with Crippen LogP contribution in [-0.2, 0) is 15.0 Å². The van der Waals surface area contributed by atoms with Crippen molar-refractivity contribution in [3.63, 3.8) is 0 Å². The lowest BCUT2D eigenvalue weighted by Crippen LogP contribution is -2.12. The summed E-state index contributed by atoms with van der Waals surface area (Å²) in [5.41, 5.74) is 1.10. The zero-order chi connectivity index (χ0) is 14.6. The molecule has 0 saturated heterocycles. The molecule has 0 unspecified atom stereocenters. The number of rotatable bonds is 4. The first-order chi connectivity index (χ1) is 9.45. The number of nitrogens with one attached hydrogen (secondary N) is 1. The fraction of sp³-hybridized carbons (Fsp3) is 0.250. The van der Waals surface area contributed by atoms with Gasteiger partial charge in [0.2, 0.25) is 11.0 Å². The fourth-order valence-corrected chi connectivity index (χ4v) is 2.52. The number of alkyl halides is 3. The molecule has 0 fully saturated rings. The van der Waals surface area contributed by atoms with E-state index in [1.165, 1.54) is 0 Å². The number of carbonyl (C=O) groups excluding carboxylic acids is 1. The summed E-state index contributed by atoms with van der Waals surface area (Å²) >= 11 is 17.9. The third kappa shape index (κ3) is 4.59. The van der Waals surface area contributed by atoms with Crippen LogP contribution in [0.25, 0.3) is 0 Å². The summed E-state index contributed by atoms with van der Waals surface area (Å²) in [5, 5.41) is 2.96. The number of aromatic nitrogens is 2. The average molecular weight is 351 g/mol. The van der Waals surface area contributed by atoms with E-state index in [1.54, 1.807) is 0 Å². The summed E-state index contributed by atoms with van der Waals surface area (Å²) in [6, 6.07) is 9.75. The molecule has 20 heavy (non-hydrogen) atoms. The van der Waals surface area contributed by atoms with Crippen molar-refractivity contribution in [2.75, 3.05) is 5.32 Å². The van der Waals surface area contributed by atoms with E-state index in [2.05, 4.69) is 14.7 Å². The smallest absolute Gasteiger partial charge is 0.251 e. The number of halogens is 3. The summed E-state index contributed by atoms with van der Waals surface area (Å²) in [5.74, 6) is -0.0910. The van der Waals surface area contributed by atoms with Crippen LogP contribution in [0.15, 0.2) is 30.3 Å². The Hall–Kier alpha value is -0.880. The topological polar surface area (TPSA) is 54.9 Å². The molecule has 0 bridgehead atoms. The molecule has 0 saturated carbocycles. The van der Waals surface area contributed by atoms with Gasteiger partial charge in [-0.15, -0.1) is 0 Å². The first-order valence-corrected chi connectivity index (χ1v) is 7.60. The molecule has 0 atom stereocenters. The van der Waals surface area contributed by atoms with Crippen molar-refractivity contribution in [1.29, 1.82) is 0 Å². The predicted molar refractivity (Wildman–Crippen MR) is 82.5 cm³/mol. The number of anilines is 1. The van der Waals surface area contributed by atoms with Gasteiger partial charge in [-0.2, -0.15) is 9.36 Å². The van der Waals surface area contributed by atoms with Crippen LogP contribution >= 0.6 is 46.3 Å². The van der Waals surface area contributed by atoms with E-state index in [-0.39, 0.29) is 11.7 Å². The van der Waals surface area contributed by atoms with Gasteiger partial charge in [-0.05, 0) is 12.0 Å². The Kier molecular flexibility index (Phi) is 5.21. The highest BCUT2D eigenvalue weighted by Gasteiger charge is 2.28. The molecular formula is C12H10Cl3N3OS. The SMILES string of the molecule is O=C(CCc1ccccc1)Nc1nc(C(Cl)(Cl)Cl)ns1. The van der Waals surface area contributed by atoms with Crippen LogP contribution in [0.3, 0.4) is 0 Å². The van der Waals surface area contributed by atoms with Crippen LogP contribution in [0.5, 0.6) is 0 Å². The van der Waals surface area contributed by atoms with E-state index in [0.29, 0.717) is 18.0 Å². The molecule has 0 aliphatic rings. The average Bonchev–Trinajstić information content (AvgIpc) is 2.86. The molecule has 1 amide bonds. The van der Waals surface area contributed by atoms with Gasteiger partial charge in [0.1, 0.15) is 0 Å². The van der Waals surface area contributed by atoms with Crippen molar-refractivity contribution in [3.8, 4) is 0 Å². The highest BCUT2D eigenvalue weighted by Crippen LogP contribution is 2.37. The Morgan fingerprint density at radius 1 is 1.25 bits per heavy atom. The van der Waals surface area contributed by atoms with Crippen molar-refractivity contribution in [3.05, 3.63) is 41.7 Å². The highest BCUT2D eigenvalue weighted by molar-refractivity contribution is 7.10. The molecule has 8 heteroatoms. The molecule has 0 aliphatic heterocycles. The molecule has 1 heterocycles.